The lowest BCUT2D eigenvalue weighted by atomic mass is 10.1. The van der Waals surface area contributed by atoms with E-state index in [0.29, 0.717) is 17.4 Å². The van der Waals surface area contributed by atoms with Crippen LogP contribution < -0.4 is 0 Å². The zero-order valence-corrected chi connectivity index (χ0v) is 41.5. The molecular weight excluding hydrogens is 798 g/mol. The largest absolute Gasteiger partial charge is 0.472 e. The number of phosphoric acid groups is 1. The third kappa shape index (κ3) is 47.2. The first kappa shape index (κ1) is 59.7. The van der Waals surface area contributed by atoms with Gasteiger partial charge in [-0.15, -0.1) is 0 Å². The molecule has 0 fully saturated rings. The molecular formula is C52H95NO8P+. The number of carbonyl (C=O) groups is 2. The number of rotatable bonds is 45. The molecule has 2 unspecified atom stereocenters. The summed E-state index contributed by atoms with van der Waals surface area (Å²) in [5, 5.41) is 0. The van der Waals surface area contributed by atoms with Gasteiger partial charge in [-0.05, 0) is 83.5 Å². The van der Waals surface area contributed by atoms with E-state index in [-0.39, 0.29) is 32.0 Å². The van der Waals surface area contributed by atoms with Gasteiger partial charge in [0.25, 0.3) is 0 Å². The second kappa shape index (κ2) is 43.9. The summed E-state index contributed by atoms with van der Waals surface area (Å²) in [5.41, 5.74) is 0. The van der Waals surface area contributed by atoms with Gasteiger partial charge in [0, 0.05) is 12.8 Å². The molecule has 0 rings (SSSR count). The van der Waals surface area contributed by atoms with Gasteiger partial charge in [-0.1, -0.05) is 171 Å². The molecule has 0 radical (unpaired) electrons. The van der Waals surface area contributed by atoms with E-state index in [2.05, 4.69) is 74.6 Å². The molecule has 9 nitrogen and oxygen atoms in total. The number of phosphoric ester groups is 1. The minimum atomic E-state index is -4.39. The average molecular weight is 893 g/mol. The Hall–Kier alpha value is -2.29. The van der Waals surface area contributed by atoms with Crippen molar-refractivity contribution in [2.45, 2.75) is 213 Å². The molecule has 0 heterocycles. The van der Waals surface area contributed by atoms with Crippen molar-refractivity contribution in [3.05, 3.63) is 60.8 Å². The third-order valence-electron chi connectivity index (χ3n) is 10.5. The fourth-order valence-electron chi connectivity index (χ4n) is 6.58. The standard InChI is InChI=1S/C52H94NO8P/c1-6-8-10-12-14-16-18-20-22-23-24-25-26-27-28-29-31-33-35-37-39-41-43-45-52(55)61-50(49-60-62(56,57)59-47-46-53(3,4)5)48-58-51(54)44-42-40-38-36-34-32-30-21-19-17-15-13-11-9-7-2/h15,17-18,20-21,23-24,26-27,30,50H,6-14,16,19,22,25,28-29,31-49H2,1-5H3/p+1/b17-15-,20-18-,24-23-,27-26-,30-21-. The second-order valence-electron chi connectivity index (χ2n) is 17.8. The molecule has 0 aromatic heterocycles. The molecule has 0 saturated carbocycles. The van der Waals surface area contributed by atoms with E-state index in [1.54, 1.807) is 0 Å². The van der Waals surface area contributed by atoms with Crippen molar-refractivity contribution in [2.24, 2.45) is 0 Å². The Morgan fingerprint density at radius 1 is 0.500 bits per heavy atom. The zero-order chi connectivity index (χ0) is 45.7. The van der Waals surface area contributed by atoms with E-state index in [0.717, 1.165) is 83.5 Å². The topological polar surface area (TPSA) is 108 Å². The van der Waals surface area contributed by atoms with E-state index in [1.165, 1.54) is 89.9 Å². The molecule has 2 atom stereocenters. The lowest BCUT2D eigenvalue weighted by Gasteiger charge is -2.24. The summed E-state index contributed by atoms with van der Waals surface area (Å²) in [7, 11) is 1.46. The van der Waals surface area contributed by atoms with Gasteiger partial charge in [-0.25, -0.2) is 4.57 Å². The van der Waals surface area contributed by atoms with Crippen LogP contribution in [-0.2, 0) is 32.7 Å². The number of hydrogen-bond donors (Lipinski definition) is 1. The van der Waals surface area contributed by atoms with Crippen molar-refractivity contribution >= 4 is 19.8 Å². The number of ether oxygens (including phenoxy) is 2. The van der Waals surface area contributed by atoms with Crippen LogP contribution in [0.2, 0.25) is 0 Å². The molecule has 0 aliphatic heterocycles. The minimum absolute atomic E-state index is 0.0254. The van der Waals surface area contributed by atoms with Gasteiger partial charge < -0.3 is 18.9 Å². The number of nitrogens with zero attached hydrogens (tertiary/aromatic N) is 1. The van der Waals surface area contributed by atoms with Crippen LogP contribution in [0.25, 0.3) is 0 Å². The highest BCUT2D eigenvalue weighted by atomic mass is 31.2. The van der Waals surface area contributed by atoms with Crippen LogP contribution in [0.3, 0.4) is 0 Å². The highest BCUT2D eigenvalue weighted by molar-refractivity contribution is 7.47. The number of unbranched alkanes of at least 4 members (excludes halogenated alkanes) is 21. The summed E-state index contributed by atoms with van der Waals surface area (Å²) in [6.07, 6.45) is 54.1. The average Bonchev–Trinajstić information content (AvgIpc) is 3.23. The Morgan fingerprint density at radius 3 is 1.32 bits per heavy atom. The number of quaternary nitrogens is 1. The van der Waals surface area contributed by atoms with Gasteiger partial charge in [0.1, 0.15) is 19.8 Å². The van der Waals surface area contributed by atoms with Crippen LogP contribution in [0.5, 0.6) is 0 Å². The van der Waals surface area contributed by atoms with Crippen molar-refractivity contribution in [1.29, 1.82) is 0 Å². The molecule has 0 spiro atoms. The van der Waals surface area contributed by atoms with Crippen LogP contribution in [0, 0.1) is 0 Å². The van der Waals surface area contributed by atoms with Gasteiger partial charge in [0.15, 0.2) is 6.10 Å². The van der Waals surface area contributed by atoms with Crippen LogP contribution in [0.1, 0.15) is 206 Å². The van der Waals surface area contributed by atoms with E-state index >= 15 is 0 Å². The highest BCUT2D eigenvalue weighted by Gasteiger charge is 2.27. The van der Waals surface area contributed by atoms with Gasteiger partial charge in [-0.3, -0.25) is 18.6 Å². The summed E-state index contributed by atoms with van der Waals surface area (Å²) in [6, 6.07) is 0. The lowest BCUT2D eigenvalue weighted by Crippen LogP contribution is -2.37. The molecule has 1 N–H and O–H groups in total. The Balaban J connectivity index is 4.30. The number of allylic oxidation sites excluding steroid dienone is 10. The Bertz CT molecular complexity index is 1240. The number of esters is 2. The fraction of sp³-hybridized carbons (Fsp3) is 0.769. The van der Waals surface area contributed by atoms with Gasteiger partial charge >= 0.3 is 19.8 Å². The van der Waals surface area contributed by atoms with Crippen molar-refractivity contribution in [2.75, 3.05) is 47.5 Å². The summed E-state index contributed by atoms with van der Waals surface area (Å²) in [5.74, 6) is -0.823. The van der Waals surface area contributed by atoms with Crippen molar-refractivity contribution in [3.8, 4) is 0 Å². The first-order valence-electron chi connectivity index (χ1n) is 25.0. The number of carbonyl (C=O) groups excluding carboxylic acids is 2. The Labute approximate surface area is 381 Å². The Kier molecular flexibility index (Phi) is 42.3. The first-order chi connectivity index (χ1) is 30.0. The number of hydrogen-bond acceptors (Lipinski definition) is 7. The van der Waals surface area contributed by atoms with E-state index < -0.39 is 26.5 Å². The molecule has 0 bridgehead atoms. The monoisotopic (exact) mass is 893 g/mol. The quantitative estimate of drug-likeness (QED) is 0.0212. The third-order valence-corrected chi connectivity index (χ3v) is 11.5. The van der Waals surface area contributed by atoms with Gasteiger partial charge in [0.2, 0.25) is 0 Å². The Morgan fingerprint density at radius 2 is 0.871 bits per heavy atom. The molecule has 0 saturated heterocycles. The lowest BCUT2D eigenvalue weighted by molar-refractivity contribution is -0.870. The molecule has 0 amide bonds. The van der Waals surface area contributed by atoms with Gasteiger partial charge in [0.05, 0.1) is 27.7 Å². The summed E-state index contributed by atoms with van der Waals surface area (Å²) in [4.78, 5) is 35.5. The normalized spacial score (nSPS) is 14.0. The van der Waals surface area contributed by atoms with E-state index in [4.69, 9.17) is 18.5 Å². The van der Waals surface area contributed by atoms with Crippen LogP contribution in [0.4, 0.5) is 0 Å². The van der Waals surface area contributed by atoms with E-state index in [1.807, 2.05) is 21.1 Å². The fourth-order valence-corrected chi connectivity index (χ4v) is 7.32. The summed E-state index contributed by atoms with van der Waals surface area (Å²) in [6.45, 7) is 4.36. The molecule has 360 valence electrons. The summed E-state index contributed by atoms with van der Waals surface area (Å²) < 4.78 is 34.4. The SMILES string of the molecule is CCCCC/C=C\C/C=C\CCCCCCCC(=O)OCC(COP(=O)(O)OCC[N+](C)(C)C)OC(=O)CCCCCCCCCC/C=C\C/C=C\C/C=C\CCCCCCC. The van der Waals surface area contributed by atoms with Crippen LogP contribution in [0.15, 0.2) is 60.8 Å². The minimum Gasteiger partial charge on any atom is -0.462 e. The maximum absolute atomic E-state index is 12.7. The van der Waals surface area contributed by atoms with E-state index in [9.17, 15) is 19.0 Å². The van der Waals surface area contributed by atoms with Crippen LogP contribution in [-0.4, -0.2) is 74.9 Å². The molecule has 0 aromatic rings. The molecule has 62 heavy (non-hydrogen) atoms. The molecule has 0 aliphatic rings. The zero-order valence-electron chi connectivity index (χ0n) is 40.6. The summed E-state index contributed by atoms with van der Waals surface area (Å²) >= 11 is 0. The number of likely N-dealkylation sites (N-methyl/N-ethyl adjacent to an activating group) is 1. The van der Waals surface area contributed by atoms with Gasteiger partial charge in [-0.2, -0.15) is 0 Å². The van der Waals surface area contributed by atoms with Crippen molar-refractivity contribution < 1.29 is 42.1 Å². The molecule has 0 aromatic carbocycles. The molecule has 10 heteroatoms. The smallest absolute Gasteiger partial charge is 0.462 e. The maximum atomic E-state index is 12.7. The van der Waals surface area contributed by atoms with Crippen molar-refractivity contribution in [3.63, 3.8) is 0 Å². The molecule has 0 aliphatic carbocycles. The van der Waals surface area contributed by atoms with Crippen molar-refractivity contribution in [1.82, 2.24) is 0 Å². The maximum Gasteiger partial charge on any atom is 0.472 e. The predicted molar refractivity (Wildman–Crippen MR) is 261 cm³/mol. The highest BCUT2D eigenvalue weighted by Crippen LogP contribution is 2.43. The first-order valence-corrected chi connectivity index (χ1v) is 26.5. The second-order valence-corrected chi connectivity index (χ2v) is 19.3. The predicted octanol–water partition coefficient (Wildman–Crippen LogP) is 14.8. The van der Waals surface area contributed by atoms with Crippen LogP contribution >= 0.6 is 7.82 Å².